The van der Waals surface area contributed by atoms with Crippen LogP contribution in [0.5, 0.6) is 0 Å². The van der Waals surface area contributed by atoms with Crippen molar-refractivity contribution in [1.82, 2.24) is 15.6 Å². The van der Waals surface area contributed by atoms with Crippen LogP contribution in [0.1, 0.15) is 22.0 Å². The molecular weight excluding hydrogens is 296 g/mol. The lowest BCUT2D eigenvalue weighted by Gasteiger charge is -2.10. The van der Waals surface area contributed by atoms with Gasteiger partial charge in [-0.15, -0.1) is 11.3 Å². The van der Waals surface area contributed by atoms with Gasteiger partial charge in [0.2, 0.25) is 0 Å². The molecule has 6 nitrogen and oxygen atoms in total. The second-order valence-corrected chi connectivity index (χ2v) is 8.13. The van der Waals surface area contributed by atoms with E-state index in [-0.39, 0.29) is 5.75 Å². The van der Waals surface area contributed by atoms with Gasteiger partial charge in [0, 0.05) is 24.7 Å². The van der Waals surface area contributed by atoms with E-state index >= 15 is 0 Å². The smallest absolute Gasteiger partial charge is 0.191 e. The van der Waals surface area contributed by atoms with Crippen molar-refractivity contribution in [3.05, 3.63) is 15.6 Å². The van der Waals surface area contributed by atoms with Gasteiger partial charge in [0.25, 0.3) is 0 Å². The molecule has 2 N–H and O–H groups in total. The van der Waals surface area contributed by atoms with Crippen molar-refractivity contribution in [2.24, 2.45) is 4.99 Å². The fourth-order valence-electron chi connectivity index (χ4n) is 1.54. The molecule has 0 saturated heterocycles. The summed E-state index contributed by atoms with van der Waals surface area (Å²) in [5.41, 5.74) is 1.06. The van der Waals surface area contributed by atoms with Crippen molar-refractivity contribution in [2.45, 2.75) is 26.8 Å². The summed E-state index contributed by atoms with van der Waals surface area (Å²) >= 11 is 1.66. The summed E-state index contributed by atoms with van der Waals surface area (Å²) in [6.45, 7) is 5.23. The Bertz CT molecular complexity index is 545. The Morgan fingerprint density at radius 2 is 2.05 bits per heavy atom. The quantitative estimate of drug-likeness (QED) is 0.462. The van der Waals surface area contributed by atoms with Crippen LogP contribution >= 0.6 is 11.3 Å². The number of aliphatic imine (C=N–C) groups is 1. The number of aryl methyl sites for hydroxylation is 2. The maximum Gasteiger partial charge on any atom is 0.191 e. The standard InChI is InChI=1S/C12H22N4O2S2/c1-9-10(2)19-11(16-9)8-15-12(13-3)14-6-5-7-20(4,17)18/h5-8H2,1-4H3,(H2,13,14,15). The third kappa shape index (κ3) is 6.33. The predicted octanol–water partition coefficient (Wildman–Crippen LogP) is 0.860. The first-order chi connectivity index (χ1) is 9.31. The molecule has 0 fully saturated rings. The molecule has 1 rings (SSSR count). The van der Waals surface area contributed by atoms with Crippen LogP contribution in [-0.2, 0) is 16.4 Å². The summed E-state index contributed by atoms with van der Waals surface area (Å²) in [5, 5.41) is 7.26. The molecule has 0 aliphatic rings. The first-order valence-corrected chi connectivity index (χ1v) is 9.24. The Balaban J connectivity index is 2.33. The largest absolute Gasteiger partial charge is 0.356 e. The first-order valence-electron chi connectivity index (χ1n) is 6.37. The molecule has 20 heavy (non-hydrogen) atoms. The Morgan fingerprint density at radius 3 is 2.55 bits per heavy atom. The number of nitrogens with one attached hydrogen (secondary N) is 2. The fourth-order valence-corrected chi connectivity index (χ4v) is 3.08. The normalized spacial score (nSPS) is 12.5. The van der Waals surface area contributed by atoms with E-state index in [1.165, 1.54) is 11.1 Å². The Kier molecular flexibility index (Phi) is 6.41. The molecule has 8 heteroatoms. The monoisotopic (exact) mass is 318 g/mol. The van der Waals surface area contributed by atoms with Gasteiger partial charge >= 0.3 is 0 Å². The van der Waals surface area contributed by atoms with E-state index in [0.29, 0.717) is 25.5 Å². The van der Waals surface area contributed by atoms with Crippen molar-refractivity contribution in [3.63, 3.8) is 0 Å². The van der Waals surface area contributed by atoms with E-state index in [1.54, 1.807) is 18.4 Å². The topological polar surface area (TPSA) is 83.5 Å². The van der Waals surface area contributed by atoms with Crippen molar-refractivity contribution in [1.29, 1.82) is 0 Å². The number of hydrogen-bond acceptors (Lipinski definition) is 5. The maximum atomic E-state index is 11.0. The second kappa shape index (κ2) is 7.58. The summed E-state index contributed by atoms with van der Waals surface area (Å²) < 4.78 is 22.0. The van der Waals surface area contributed by atoms with Gasteiger partial charge in [-0.05, 0) is 20.3 Å². The van der Waals surface area contributed by atoms with Crippen LogP contribution in [0.2, 0.25) is 0 Å². The molecule has 1 heterocycles. The van der Waals surface area contributed by atoms with Gasteiger partial charge in [0.05, 0.1) is 18.0 Å². The van der Waals surface area contributed by atoms with Crippen molar-refractivity contribution in [3.8, 4) is 0 Å². The number of hydrogen-bond donors (Lipinski definition) is 2. The van der Waals surface area contributed by atoms with Crippen LogP contribution in [0.15, 0.2) is 4.99 Å². The molecule has 0 radical (unpaired) electrons. The molecular formula is C12H22N4O2S2. The molecule has 1 aromatic heterocycles. The SMILES string of the molecule is CN=C(NCCCS(C)(=O)=O)NCc1nc(C)c(C)s1. The van der Waals surface area contributed by atoms with Crippen LogP contribution in [-0.4, -0.2) is 45.0 Å². The van der Waals surface area contributed by atoms with Crippen LogP contribution in [0, 0.1) is 13.8 Å². The van der Waals surface area contributed by atoms with Crippen molar-refractivity contribution >= 4 is 27.1 Å². The summed E-state index contributed by atoms with van der Waals surface area (Å²) in [6.07, 6.45) is 1.81. The second-order valence-electron chi connectivity index (χ2n) is 4.59. The van der Waals surface area contributed by atoms with Crippen LogP contribution in [0.3, 0.4) is 0 Å². The molecule has 0 bridgehead atoms. The van der Waals surface area contributed by atoms with Gasteiger partial charge < -0.3 is 10.6 Å². The summed E-state index contributed by atoms with van der Waals surface area (Å²) in [6, 6.07) is 0. The van der Waals surface area contributed by atoms with Gasteiger partial charge in [-0.1, -0.05) is 0 Å². The highest BCUT2D eigenvalue weighted by Crippen LogP contribution is 2.15. The molecule has 114 valence electrons. The van der Waals surface area contributed by atoms with E-state index in [0.717, 1.165) is 10.7 Å². The fraction of sp³-hybridized carbons (Fsp3) is 0.667. The average molecular weight is 318 g/mol. The van der Waals surface area contributed by atoms with Crippen molar-refractivity contribution in [2.75, 3.05) is 25.6 Å². The molecule has 1 aromatic rings. The minimum Gasteiger partial charge on any atom is -0.356 e. The number of guanidine groups is 1. The van der Waals surface area contributed by atoms with E-state index < -0.39 is 9.84 Å². The van der Waals surface area contributed by atoms with E-state index in [4.69, 9.17) is 0 Å². The zero-order valence-electron chi connectivity index (χ0n) is 12.4. The maximum absolute atomic E-state index is 11.0. The van der Waals surface area contributed by atoms with Gasteiger partial charge in [-0.2, -0.15) is 0 Å². The van der Waals surface area contributed by atoms with Crippen LogP contribution in [0.4, 0.5) is 0 Å². The number of rotatable bonds is 6. The van der Waals surface area contributed by atoms with Gasteiger partial charge in [0.1, 0.15) is 14.8 Å². The van der Waals surface area contributed by atoms with E-state index in [2.05, 4.69) is 27.5 Å². The molecule has 0 amide bonds. The minimum atomic E-state index is -2.89. The van der Waals surface area contributed by atoms with Gasteiger partial charge in [0.15, 0.2) is 5.96 Å². The molecule has 0 spiro atoms. The van der Waals surface area contributed by atoms with Crippen LogP contribution < -0.4 is 10.6 Å². The highest BCUT2D eigenvalue weighted by atomic mass is 32.2. The third-order valence-electron chi connectivity index (χ3n) is 2.69. The molecule has 0 unspecified atom stereocenters. The lowest BCUT2D eigenvalue weighted by molar-refractivity contribution is 0.598. The first kappa shape index (κ1) is 16.9. The van der Waals surface area contributed by atoms with E-state index in [9.17, 15) is 8.42 Å². The molecule has 0 aromatic carbocycles. The molecule has 0 saturated carbocycles. The van der Waals surface area contributed by atoms with E-state index in [1.807, 2.05) is 6.92 Å². The zero-order valence-corrected chi connectivity index (χ0v) is 14.0. The number of nitrogens with zero attached hydrogens (tertiary/aromatic N) is 2. The summed E-state index contributed by atoms with van der Waals surface area (Å²) in [7, 11) is -1.21. The molecule has 0 aliphatic heterocycles. The Morgan fingerprint density at radius 1 is 1.35 bits per heavy atom. The highest BCUT2D eigenvalue weighted by molar-refractivity contribution is 7.90. The van der Waals surface area contributed by atoms with Gasteiger partial charge in [-0.3, -0.25) is 4.99 Å². The Hall–Kier alpha value is -1.15. The molecule has 0 aliphatic carbocycles. The summed E-state index contributed by atoms with van der Waals surface area (Å²) in [5.74, 6) is 0.839. The molecule has 0 atom stereocenters. The van der Waals surface area contributed by atoms with Crippen LogP contribution in [0.25, 0.3) is 0 Å². The lowest BCUT2D eigenvalue weighted by atomic mass is 10.4. The Labute approximate surface area is 124 Å². The van der Waals surface area contributed by atoms with Gasteiger partial charge in [-0.25, -0.2) is 13.4 Å². The number of sulfone groups is 1. The minimum absolute atomic E-state index is 0.182. The predicted molar refractivity (Wildman–Crippen MR) is 84.1 cm³/mol. The third-order valence-corrected chi connectivity index (χ3v) is 4.79. The lowest BCUT2D eigenvalue weighted by Crippen LogP contribution is -2.37. The summed E-state index contributed by atoms with van der Waals surface area (Å²) in [4.78, 5) is 9.75. The number of aromatic nitrogens is 1. The van der Waals surface area contributed by atoms with Crippen molar-refractivity contribution < 1.29 is 8.42 Å². The average Bonchev–Trinajstić information content (AvgIpc) is 2.66. The highest BCUT2D eigenvalue weighted by Gasteiger charge is 2.05. The number of thiazole rings is 1. The zero-order chi connectivity index (χ0) is 15.2.